The van der Waals surface area contributed by atoms with Crippen LogP contribution in [0.5, 0.6) is 0 Å². The normalized spacial score (nSPS) is 16.6. The van der Waals surface area contributed by atoms with Crippen molar-refractivity contribution in [2.24, 2.45) is 5.92 Å². The number of hydrogen-bond acceptors (Lipinski definition) is 4. The number of esters is 1. The van der Waals surface area contributed by atoms with E-state index in [1.165, 1.54) is 0 Å². The number of carbonyl (C=O) groups excluding carboxylic acids is 3. The largest absolute Gasteiger partial charge is 0.466 e. The number of nitrogens with one attached hydrogen (secondary N) is 2. The summed E-state index contributed by atoms with van der Waals surface area (Å²) in [5.41, 5.74) is 1.10. The number of benzene rings is 1. The van der Waals surface area contributed by atoms with E-state index in [4.69, 9.17) is 4.74 Å². The van der Waals surface area contributed by atoms with Gasteiger partial charge >= 0.3 is 12.0 Å². The minimum Gasteiger partial charge on any atom is -0.466 e. The number of urea groups is 1. The highest BCUT2D eigenvalue weighted by atomic mass is 16.5. The maximum absolute atomic E-state index is 12.1. The summed E-state index contributed by atoms with van der Waals surface area (Å²) in [5, 5.41) is 5.36. The van der Waals surface area contributed by atoms with Gasteiger partial charge in [-0.2, -0.15) is 0 Å². The molecule has 1 aromatic rings. The van der Waals surface area contributed by atoms with E-state index in [0.717, 1.165) is 5.56 Å². The molecule has 7 nitrogen and oxygen atoms in total. The van der Waals surface area contributed by atoms with Gasteiger partial charge in [-0.05, 0) is 12.5 Å². The summed E-state index contributed by atoms with van der Waals surface area (Å²) >= 11 is 0. The second-order valence-electron chi connectivity index (χ2n) is 6.02. The molecule has 1 fully saturated rings. The van der Waals surface area contributed by atoms with Crippen molar-refractivity contribution < 1.29 is 19.1 Å². The van der Waals surface area contributed by atoms with Gasteiger partial charge in [0.25, 0.3) is 0 Å². The molecule has 1 unspecified atom stereocenters. The van der Waals surface area contributed by atoms with Gasteiger partial charge in [-0.1, -0.05) is 30.3 Å². The Labute approximate surface area is 147 Å². The zero-order chi connectivity index (χ0) is 18.1. The fraction of sp³-hybridized carbons (Fsp3) is 0.500. The van der Waals surface area contributed by atoms with Crippen molar-refractivity contribution in [3.8, 4) is 0 Å². The van der Waals surface area contributed by atoms with Gasteiger partial charge in [0.1, 0.15) is 0 Å². The number of nitrogens with zero attached hydrogens (tertiary/aromatic N) is 1. The number of amides is 3. The van der Waals surface area contributed by atoms with Crippen molar-refractivity contribution >= 4 is 17.9 Å². The monoisotopic (exact) mass is 347 g/mol. The second kappa shape index (κ2) is 9.66. The molecule has 7 heteroatoms. The van der Waals surface area contributed by atoms with Crippen LogP contribution in [0.3, 0.4) is 0 Å². The van der Waals surface area contributed by atoms with Crippen molar-refractivity contribution in [1.82, 2.24) is 15.5 Å². The Kier molecular flexibility index (Phi) is 7.25. The summed E-state index contributed by atoms with van der Waals surface area (Å²) in [6, 6.07) is 9.51. The first-order chi connectivity index (χ1) is 12.1. The molecule has 1 aromatic carbocycles. The van der Waals surface area contributed by atoms with Crippen LogP contribution in [0.1, 0.15) is 25.3 Å². The molecular formula is C18H25N3O4. The molecule has 1 atom stereocenters. The summed E-state index contributed by atoms with van der Waals surface area (Å²) < 4.78 is 4.78. The predicted octanol–water partition coefficient (Wildman–Crippen LogP) is 1.29. The number of rotatable bonds is 8. The summed E-state index contributed by atoms with van der Waals surface area (Å²) in [6.45, 7) is 3.97. The van der Waals surface area contributed by atoms with Crippen LogP contribution in [-0.2, 0) is 20.9 Å². The Hall–Kier alpha value is -2.57. The SMILES string of the molecule is CCOC(=O)CCNC(=O)NCC1CC(=O)N(Cc2ccccc2)C1. The first-order valence-electron chi connectivity index (χ1n) is 8.57. The van der Waals surface area contributed by atoms with Crippen LogP contribution in [0.25, 0.3) is 0 Å². The zero-order valence-corrected chi connectivity index (χ0v) is 14.5. The van der Waals surface area contributed by atoms with Crippen LogP contribution in [0.4, 0.5) is 4.79 Å². The van der Waals surface area contributed by atoms with E-state index in [9.17, 15) is 14.4 Å². The van der Waals surface area contributed by atoms with Crippen LogP contribution in [-0.4, -0.2) is 49.0 Å². The van der Waals surface area contributed by atoms with Crippen LogP contribution < -0.4 is 10.6 Å². The minimum absolute atomic E-state index is 0.104. The van der Waals surface area contributed by atoms with E-state index in [-0.39, 0.29) is 36.8 Å². The topological polar surface area (TPSA) is 87.7 Å². The van der Waals surface area contributed by atoms with E-state index >= 15 is 0 Å². The Morgan fingerprint density at radius 1 is 1.24 bits per heavy atom. The first kappa shape index (κ1) is 18.8. The van der Waals surface area contributed by atoms with Crippen molar-refractivity contribution in [2.45, 2.75) is 26.3 Å². The van der Waals surface area contributed by atoms with E-state index in [1.54, 1.807) is 6.92 Å². The average Bonchev–Trinajstić information content (AvgIpc) is 2.94. The van der Waals surface area contributed by atoms with E-state index < -0.39 is 0 Å². The first-order valence-corrected chi connectivity index (χ1v) is 8.57. The molecule has 0 spiro atoms. The number of ether oxygens (including phenoxy) is 1. The molecule has 2 N–H and O–H groups in total. The highest BCUT2D eigenvalue weighted by Gasteiger charge is 2.29. The molecule has 3 amide bonds. The molecule has 1 aliphatic heterocycles. The molecule has 0 aliphatic carbocycles. The molecule has 2 rings (SSSR count). The van der Waals surface area contributed by atoms with Crippen LogP contribution in [0.2, 0.25) is 0 Å². The second-order valence-corrected chi connectivity index (χ2v) is 6.02. The Bertz CT molecular complexity index is 591. The molecular weight excluding hydrogens is 322 g/mol. The van der Waals surface area contributed by atoms with Gasteiger partial charge < -0.3 is 20.3 Å². The Balaban J connectivity index is 1.65. The van der Waals surface area contributed by atoms with Gasteiger partial charge in [0.05, 0.1) is 13.0 Å². The molecule has 136 valence electrons. The van der Waals surface area contributed by atoms with E-state index in [0.29, 0.717) is 32.7 Å². The lowest BCUT2D eigenvalue weighted by atomic mass is 10.1. The van der Waals surface area contributed by atoms with Crippen LogP contribution in [0.15, 0.2) is 30.3 Å². The lowest BCUT2D eigenvalue weighted by molar-refractivity contribution is -0.142. The molecule has 1 saturated heterocycles. The number of hydrogen-bond donors (Lipinski definition) is 2. The third kappa shape index (κ3) is 6.45. The van der Waals surface area contributed by atoms with Crippen LogP contribution in [0, 0.1) is 5.92 Å². The Morgan fingerprint density at radius 3 is 2.72 bits per heavy atom. The molecule has 0 aromatic heterocycles. The van der Waals surface area contributed by atoms with Crippen molar-refractivity contribution in [2.75, 3.05) is 26.2 Å². The maximum Gasteiger partial charge on any atom is 0.314 e. The standard InChI is InChI=1S/C18H25N3O4/c1-2-25-17(23)8-9-19-18(24)20-11-15-10-16(22)21(13-15)12-14-6-4-3-5-7-14/h3-7,15H,2,8-13H2,1H3,(H2,19,20,24). The van der Waals surface area contributed by atoms with Gasteiger partial charge in [0.15, 0.2) is 0 Å². The number of likely N-dealkylation sites (tertiary alicyclic amines) is 1. The third-order valence-corrected chi connectivity index (χ3v) is 3.98. The van der Waals surface area contributed by atoms with Gasteiger partial charge in [-0.15, -0.1) is 0 Å². The van der Waals surface area contributed by atoms with E-state index in [2.05, 4.69) is 10.6 Å². The van der Waals surface area contributed by atoms with Crippen molar-refractivity contribution in [3.05, 3.63) is 35.9 Å². The molecule has 0 bridgehead atoms. The predicted molar refractivity (Wildman–Crippen MR) is 92.6 cm³/mol. The molecule has 0 radical (unpaired) electrons. The van der Waals surface area contributed by atoms with Gasteiger partial charge in [0.2, 0.25) is 5.91 Å². The highest BCUT2D eigenvalue weighted by molar-refractivity contribution is 5.79. The van der Waals surface area contributed by atoms with E-state index in [1.807, 2.05) is 35.2 Å². The summed E-state index contributed by atoms with van der Waals surface area (Å²) in [4.78, 5) is 36.8. The van der Waals surface area contributed by atoms with Gasteiger partial charge in [-0.3, -0.25) is 9.59 Å². The number of carbonyl (C=O) groups is 3. The fourth-order valence-electron chi connectivity index (χ4n) is 2.76. The molecule has 0 saturated carbocycles. The van der Waals surface area contributed by atoms with Crippen LogP contribution >= 0.6 is 0 Å². The highest BCUT2D eigenvalue weighted by Crippen LogP contribution is 2.19. The van der Waals surface area contributed by atoms with Gasteiger partial charge in [0, 0.05) is 38.5 Å². The third-order valence-electron chi connectivity index (χ3n) is 3.98. The van der Waals surface area contributed by atoms with Crippen molar-refractivity contribution in [3.63, 3.8) is 0 Å². The summed E-state index contributed by atoms with van der Waals surface area (Å²) in [7, 11) is 0. The lowest BCUT2D eigenvalue weighted by Crippen LogP contribution is -2.39. The lowest BCUT2D eigenvalue weighted by Gasteiger charge is -2.17. The molecule has 25 heavy (non-hydrogen) atoms. The zero-order valence-electron chi connectivity index (χ0n) is 14.5. The quantitative estimate of drug-likeness (QED) is 0.694. The minimum atomic E-state index is -0.335. The van der Waals surface area contributed by atoms with Crippen molar-refractivity contribution in [1.29, 1.82) is 0 Å². The maximum atomic E-state index is 12.1. The molecule has 1 heterocycles. The molecule has 1 aliphatic rings. The summed E-state index contributed by atoms with van der Waals surface area (Å²) in [6.07, 6.45) is 0.587. The Morgan fingerprint density at radius 2 is 2.00 bits per heavy atom. The van der Waals surface area contributed by atoms with Gasteiger partial charge in [-0.25, -0.2) is 4.79 Å². The fourth-order valence-corrected chi connectivity index (χ4v) is 2.76. The smallest absolute Gasteiger partial charge is 0.314 e. The summed E-state index contributed by atoms with van der Waals surface area (Å²) in [5.74, 6) is -0.119. The average molecular weight is 347 g/mol.